The number of amides is 4. The summed E-state index contributed by atoms with van der Waals surface area (Å²) >= 11 is 3.32. The number of carbonyl (C=O) groups is 4. The van der Waals surface area contributed by atoms with Gasteiger partial charge in [-0.1, -0.05) is 118 Å². The lowest BCUT2D eigenvalue weighted by molar-refractivity contribution is -0.138. The maximum Gasteiger partial charge on any atom is 0.407 e. The number of ether oxygens (including phenoxy) is 2. The van der Waals surface area contributed by atoms with Gasteiger partial charge >= 0.3 is 12.2 Å². The standard InChI is InChI=1S/C66H88N8O6S2/c1-9-44-21-23-45(43(4)46-24-28-48(29-25-46)55-39-67-61(69-55)59-37-50-14-10-12-16-57(50)73(59)63(75)53(32-34-81-7)71-65(77)79-5)22-19-41(2)18-20-42(3)52(36-44)47-26-30-49(31-27-47)56-40-68-62(70-56)60-38-51-15-11-13-17-58(51)74(60)64(76)54(33-35-82-8)72-66(78)80-6/h9,19,22,24-31,36,39-42,50-51,53-54,57-60H,10-18,20-21,23,32-35,37-38H2,1-8H3,(H,67,69)(H,68,70)(H,71,77)(H,72,78)/b22-19-,44-9-,45-43-,52-36+/t41-,42-,50+,51+,53+,54+,57+,58+,59+,60+/m1/s1. The van der Waals surface area contributed by atoms with Gasteiger partial charge in [0.15, 0.2) is 0 Å². The first-order valence-corrected chi connectivity index (χ1v) is 33.0. The molecule has 9 rings (SSSR count). The van der Waals surface area contributed by atoms with Crippen LogP contribution in [-0.4, -0.2) is 116 Å². The van der Waals surface area contributed by atoms with Crippen molar-refractivity contribution in [1.82, 2.24) is 40.4 Å². The van der Waals surface area contributed by atoms with E-state index < -0.39 is 24.3 Å². The number of fused-ring (bicyclic) bond motifs is 2. The number of rotatable bonds is 16. The predicted octanol–water partition coefficient (Wildman–Crippen LogP) is 14.3. The first kappa shape index (κ1) is 60.6. The van der Waals surface area contributed by atoms with Crippen molar-refractivity contribution < 1.29 is 28.7 Å². The second-order valence-corrected chi connectivity index (χ2v) is 25.6. The van der Waals surface area contributed by atoms with Gasteiger partial charge in [0.05, 0.1) is 50.1 Å². The van der Waals surface area contributed by atoms with E-state index in [1.165, 1.54) is 60.5 Å². The van der Waals surface area contributed by atoms with E-state index in [1.807, 2.05) is 24.9 Å². The van der Waals surface area contributed by atoms with Crippen molar-refractivity contribution in [2.75, 3.05) is 38.2 Å². The van der Waals surface area contributed by atoms with Gasteiger partial charge in [0.25, 0.3) is 0 Å². The molecule has 2 aliphatic heterocycles. The number of nitrogens with one attached hydrogen (secondary N) is 4. The zero-order chi connectivity index (χ0) is 57.9. The summed E-state index contributed by atoms with van der Waals surface area (Å²) in [7, 11) is 2.68. The molecule has 2 aromatic heterocycles. The molecule has 14 nitrogen and oxygen atoms in total. The fourth-order valence-electron chi connectivity index (χ4n) is 13.8. The lowest BCUT2D eigenvalue weighted by Crippen LogP contribution is -2.52. The number of alkyl carbamates (subject to hydrolysis) is 2. The first-order valence-electron chi connectivity index (χ1n) is 30.2. The summed E-state index contributed by atoms with van der Waals surface area (Å²) in [4.78, 5) is 75.1. The lowest BCUT2D eigenvalue weighted by atomic mass is 9.84. The van der Waals surface area contributed by atoms with Crippen LogP contribution in [0.5, 0.6) is 0 Å². The molecular formula is C66H88N8O6S2. The fourth-order valence-corrected chi connectivity index (χ4v) is 14.7. The molecule has 4 aromatic rings. The Balaban J connectivity index is 0.900. The molecule has 3 aliphatic carbocycles. The average molecular weight is 1150 g/mol. The predicted molar refractivity (Wildman–Crippen MR) is 333 cm³/mol. The Hall–Kier alpha value is -6.00. The number of carbonyl (C=O) groups excluding carboxylic acids is 4. The first-order chi connectivity index (χ1) is 39.8. The zero-order valence-corrected chi connectivity index (χ0v) is 51.3. The van der Waals surface area contributed by atoms with Crippen molar-refractivity contribution in [3.8, 4) is 22.5 Å². The summed E-state index contributed by atoms with van der Waals surface area (Å²) in [6.45, 7) is 9.10. The van der Waals surface area contributed by atoms with Crippen LogP contribution in [0.1, 0.15) is 165 Å². The van der Waals surface area contributed by atoms with Gasteiger partial charge in [-0.3, -0.25) is 9.59 Å². The molecule has 0 spiro atoms. The van der Waals surface area contributed by atoms with Crippen molar-refractivity contribution in [3.05, 3.63) is 119 Å². The summed E-state index contributed by atoms with van der Waals surface area (Å²) in [6, 6.07) is 16.2. The summed E-state index contributed by atoms with van der Waals surface area (Å²) in [5, 5.41) is 5.70. The summed E-state index contributed by atoms with van der Waals surface area (Å²) in [5.41, 5.74) is 11.6. The van der Waals surface area contributed by atoms with Crippen molar-refractivity contribution in [2.45, 2.75) is 167 Å². The third-order valence-electron chi connectivity index (χ3n) is 18.5. The quantitative estimate of drug-likeness (QED) is 0.0845. The maximum absolute atomic E-state index is 14.5. The van der Waals surface area contributed by atoms with Crippen LogP contribution < -0.4 is 10.6 Å². The van der Waals surface area contributed by atoms with Crippen molar-refractivity contribution in [1.29, 1.82) is 0 Å². The Morgan fingerprint density at radius 1 is 0.683 bits per heavy atom. The van der Waals surface area contributed by atoms with Crippen LogP contribution in [-0.2, 0) is 19.1 Å². The Bertz CT molecular complexity index is 2960. The van der Waals surface area contributed by atoms with Crippen LogP contribution in [0, 0.1) is 23.7 Å². The highest BCUT2D eigenvalue weighted by molar-refractivity contribution is 7.98. The Labute approximate surface area is 495 Å². The number of H-pyrrole nitrogens is 2. The molecule has 5 aliphatic rings. The highest BCUT2D eigenvalue weighted by Gasteiger charge is 2.49. The summed E-state index contributed by atoms with van der Waals surface area (Å²) < 4.78 is 9.89. The van der Waals surface area contributed by atoms with E-state index in [0.29, 0.717) is 36.5 Å². The van der Waals surface area contributed by atoms with E-state index in [-0.39, 0.29) is 36.0 Å². The monoisotopic (exact) mass is 1150 g/mol. The molecule has 82 heavy (non-hydrogen) atoms. The summed E-state index contributed by atoms with van der Waals surface area (Å²) in [6.07, 6.45) is 31.5. The molecule has 2 saturated heterocycles. The normalized spacial score (nSPS) is 26.9. The van der Waals surface area contributed by atoms with Gasteiger partial charge in [0, 0.05) is 12.1 Å². The number of benzene rings is 2. The zero-order valence-electron chi connectivity index (χ0n) is 49.6. The third-order valence-corrected chi connectivity index (χ3v) is 19.8. The van der Waals surface area contributed by atoms with Crippen molar-refractivity contribution >= 4 is 58.7 Å². The number of hydrogen-bond donors (Lipinski definition) is 4. The fraction of sp³-hybridized carbons (Fsp3) is 0.545. The van der Waals surface area contributed by atoms with Gasteiger partial charge in [-0.25, -0.2) is 19.6 Å². The molecule has 4 heterocycles. The van der Waals surface area contributed by atoms with E-state index in [9.17, 15) is 19.2 Å². The minimum absolute atomic E-state index is 0.0494. The number of thioether (sulfide) groups is 2. The number of hydrogen-bond acceptors (Lipinski definition) is 10. The maximum atomic E-state index is 14.5. The minimum Gasteiger partial charge on any atom is -0.453 e. The van der Waals surface area contributed by atoms with Gasteiger partial charge < -0.3 is 39.9 Å². The van der Waals surface area contributed by atoms with E-state index >= 15 is 0 Å². The van der Waals surface area contributed by atoms with Gasteiger partial charge in [-0.15, -0.1) is 0 Å². The number of aromatic amines is 2. The molecule has 440 valence electrons. The second-order valence-electron chi connectivity index (χ2n) is 23.6. The average Bonchev–Trinajstić information content (AvgIpc) is 4.54. The molecule has 2 aromatic carbocycles. The molecule has 16 heteroatoms. The molecule has 0 radical (unpaired) electrons. The Kier molecular flexibility index (Phi) is 21.1. The topological polar surface area (TPSA) is 175 Å². The number of likely N-dealkylation sites (tertiary alicyclic amines) is 2. The molecule has 0 unspecified atom stereocenters. The van der Waals surface area contributed by atoms with Gasteiger partial charge in [-0.05, 0) is 178 Å². The molecule has 4 fully saturated rings. The molecule has 0 bridgehead atoms. The molecule has 10 atom stereocenters. The molecule has 4 amide bonds. The van der Waals surface area contributed by atoms with E-state index in [1.54, 1.807) is 23.5 Å². The number of nitrogens with zero attached hydrogens (tertiary/aromatic N) is 4. The molecule has 2 saturated carbocycles. The van der Waals surface area contributed by atoms with Crippen molar-refractivity contribution in [3.63, 3.8) is 0 Å². The highest BCUT2D eigenvalue weighted by atomic mass is 32.2. The van der Waals surface area contributed by atoms with E-state index in [0.717, 1.165) is 123 Å². The Morgan fingerprint density at radius 3 is 1.66 bits per heavy atom. The lowest BCUT2D eigenvalue weighted by Gasteiger charge is -2.36. The number of methoxy groups -OCH3 is 2. The SMILES string of the molecule is C/C=C1\C=C(\c2ccc(-c3cnc([C@@H]4C[C@@H]5CCCC[C@@H]5N4C(=O)[C@H](CCSC)NC(=O)OC)[nH]3)cc2)[C@H](C)CC[C@@H](C)/C=C\C(=C(/C)c2ccc(-c3cnc([C@@H]4C[C@@H]5CCCC[C@@H]5N4C(=O)[C@H](CCSC)NC(=O)OC)[nH]3)cc2)CC1. The molecular weight excluding hydrogens is 1060 g/mol. The van der Waals surface area contributed by atoms with Crippen LogP contribution in [0.15, 0.2) is 96.4 Å². The second kappa shape index (κ2) is 28.5. The van der Waals surface area contributed by atoms with Gasteiger partial charge in [0.2, 0.25) is 11.8 Å². The smallest absolute Gasteiger partial charge is 0.407 e. The highest BCUT2D eigenvalue weighted by Crippen LogP contribution is 2.48. The third kappa shape index (κ3) is 14.1. The number of imidazole rings is 2. The van der Waals surface area contributed by atoms with E-state index in [2.05, 4.69) is 131 Å². The van der Waals surface area contributed by atoms with Crippen LogP contribution in [0.2, 0.25) is 0 Å². The Morgan fingerprint density at radius 2 is 1.17 bits per heavy atom. The largest absolute Gasteiger partial charge is 0.453 e. The summed E-state index contributed by atoms with van der Waals surface area (Å²) in [5.74, 6) is 4.55. The van der Waals surface area contributed by atoms with E-state index in [4.69, 9.17) is 19.4 Å². The minimum atomic E-state index is -0.659. The number of allylic oxidation sites excluding steroid dienone is 8. The van der Waals surface area contributed by atoms with Gasteiger partial charge in [0.1, 0.15) is 23.7 Å². The van der Waals surface area contributed by atoms with Crippen molar-refractivity contribution in [2.24, 2.45) is 23.7 Å². The van der Waals surface area contributed by atoms with Crippen LogP contribution in [0.4, 0.5) is 9.59 Å². The van der Waals surface area contributed by atoms with Crippen LogP contribution in [0.3, 0.4) is 0 Å². The van der Waals surface area contributed by atoms with Crippen LogP contribution >= 0.6 is 23.5 Å². The van der Waals surface area contributed by atoms with Gasteiger partial charge in [-0.2, -0.15) is 23.5 Å². The number of aromatic nitrogens is 4. The molecule has 4 N–H and O–H groups in total. The van der Waals surface area contributed by atoms with Crippen LogP contribution in [0.25, 0.3) is 33.7 Å².